The van der Waals surface area contributed by atoms with E-state index in [1.54, 1.807) is 0 Å². The number of nitrogens with zero attached hydrogens (tertiary/aromatic N) is 5. The highest BCUT2D eigenvalue weighted by molar-refractivity contribution is 5.97. The number of aromatic amines is 1. The Morgan fingerprint density at radius 2 is 1.77 bits per heavy atom. The van der Waals surface area contributed by atoms with Crippen LogP contribution in [0.4, 0.5) is 5.82 Å². The second kappa shape index (κ2) is 12.6. The molecule has 0 aromatic carbocycles. The number of ether oxygens (including phenoxy) is 1. The van der Waals surface area contributed by atoms with E-state index in [-0.39, 0.29) is 24.1 Å². The van der Waals surface area contributed by atoms with Crippen molar-refractivity contribution in [3.05, 3.63) is 86.7 Å². The van der Waals surface area contributed by atoms with Crippen molar-refractivity contribution in [2.24, 2.45) is 0 Å². The van der Waals surface area contributed by atoms with Crippen LogP contribution < -0.4 is 15.8 Å². The minimum absolute atomic E-state index is 0.0642. The minimum atomic E-state index is -0.194. The number of anilines is 1. The van der Waals surface area contributed by atoms with Crippen molar-refractivity contribution in [3.8, 4) is 11.1 Å². The fourth-order valence-corrected chi connectivity index (χ4v) is 6.56. The maximum Gasteiger partial charge on any atom is 0.253 e. The van der Waals surface area contributed by atoms with E-state index in [9.17, 15) is 9.59 Å². The van der Waals surface area contributed by atoms with Crippen LogP contribution in [-0.2, 0) is 11.3 Å². The first-order valence-electron chi connectivity index (χ1n) is 15.5. The minimum Gasteiger partial charge on any atom is -0.379 e. The van der Waals surface area contributed by atoms with Gasteiger partial charge in [-0.25, -0.2) is 4.98 Å². The molecular weight excluding hydrogens is 554 g/mol. The zero-order valence-corrected chi connectivity index (χ0v) is 26.4. The molecule has 2 aliphatic rings. The van der Waals surface area contributed by atoms with E-state index in [0.717, 1.165) is 84.2 Å². The fraction of sp³-hybridized carbons (Fsp3) is 0.441. The molecule has 232 valence electrons. The van der Waals surface area contributed by atoms with Crippen LogP contribution in [0, 0.1) is 20.8 Å². The molecule has 2 N–H and O–H groups in total. The smallest absolute Gasteiger partial charge is 0.253 e. The Hall–Kier alpha value is -3.99. The van der Waals surface area contributed by atoms with E-state index in [0.29, 0.717) is 24.3 Å². The van der Waals surface area contributed by atoms with Gasteiger partial charge in [-0.3, -0.25) is 14.5 Å². The first-order chi connectivity index (χ1) is 21.2. The van der Waals surface area contributed by atoms with Gasteiger partial charge in [-0.1, -0.05) is 0 Å². The SMILES string of the molecule is Cc1cc(C)c(CNC(=O)c2cc3cc(-c4ccc(N5CCN(C)CC5)nc4)cn3c(C(C)N3CCOCC3)c2C)c(=O)[nH]1. The molecule has 0 aliphatic carbocycles. The molecule has 0 spiro atoms. The zero-order chi connectivity index (χ0) is 31.0. The van der Waals surface area contributed by atoms with Gasteiger partial charge in [-0.05, 0) is 76.2 Å². The van der Waals surface area contributed by atoms with Crippen molar-refractivity contribution in [2.45, 2.75) is 40.3 Å². The van der Waals surface area contributed by atoms with Crippen molar-refractivity contribution in [1.82, 2.24) is 29.5 Å². The second-order valence-corrected chi connectivity index (χ2v) is 12.2. The van der Waals surface area contributed by atoms with Crippen LogP contribution in [0.2, 0.25) is 0 Å². The number of hydrogen-bond donors (Lipinski definition) is 2. The summed E-state index contributed by atoms with van der Waals surface area (Å²) in [4.78, 5) is 41.1. The number of aromatic nitrogens is 3. The lowest BCUT2D eigenvalue weighted by Gasteiger charge is -2.34. The summed E-state index contributed by atoms with van der Waals surface area (Å²) in [7, 11) is 2.16. The third-order valence-electron chi connectivity index (χ3n) is 9.25. The number of H-pyrrole nitrogens is 1. The van der Waals surface area contributed by atoms with Crippen molar-refractivity contribution < 1.29 is 9.53 Å². The standard InChI is InChI=1S/C34H43N7O3/c1-22-16-23(2)37-34(43)30(22)20-36-33(42)29-18-28-17-27(26-6-7-31(35-19-26)40-10-8-38(5)9-11-40)21-41(28)32(24(29)3)25(4)39-12-14-44-15-13-39/h6-7,16-19,21,25H,8-15,20H2,1-5H3,(H,36,42)(H,37,43). The molecule has 1 atom stereocenters. The Morgan fingerprint density at radius 1 is 1.02 bits per heavy atom. The molecule has 0 saturated carbocycles. The maximum atomic E-state index is 13.7. The average Bonchev–Trinajstić information content (AvgIpc) is 3.44. The van der Waals surface area contributed by atoms with E-state index in [1.807, 2.05) is 39.1 Å². The van der Waals surface area contributed by atoms with Crippen LogP contribution in [-0.4, -0.2) is 89.6 Å². The fourth-order valence-electron chi connectivity index (χ4n) is 6.56. The Balaban J connectivity index is 1.34. The van der Waals surface area contributed by atoms with Crippen LogP contribution >= 0.6 is 0 Å². The number of aryl methyl sites for hydroxylation is 2. The molecule has 6 rings (SSSR count). The van der Waals surface area contributed by atoms with Crippen LogP contribution in [0.15, 0.2) is 47.5 Å². The molecule has 2 saturated heterocycles. The van der Waals surface area contributed by atoms with Gasteiger partial charge in [0.25, 0.3) is 11.5 Å². The van der Waals surface area contributed by atoms with E-state index >= 15 is 0 Å². The third kappa shape index (κ3) is 6.02. The summed E-state index contributed by atoms with van der Waals surface area (Å²) in [6, 6.07) is 10.3. The molecule has 4 aromatic heterocycles. The second-order valence-electron chi connectivity index (χ2n) is 12.2. The summed E-state index contributed by atoms with van der Waals surface area (Å²) in [5.41, 5.74) is 7.72. The molecule has 4 aromatic rings. The van der Waals surface area contributed by atoms with Crippen LogP contribution in [0.25, 0.3) is 16.6 Å². The van der Waals surface area contributed by atoms with Gasteiger partial charge in [0.15, 0.2) is 0 Å². The number of piperazine rings is 1. The average molecular weight is 598 g/mol. The van der Waals surface area contributed by atoms with Gasteiger partial charge in [0.2, 0.25) is 0 Å². The molecule has 0 radical (unpaired) electrons. The van der Waals surface area contributed by atoms with Gasteiger partial charge in [-0.2, -0.15) is 0 Å². The van der Waals surface area contributed by atoms with Crippen molar-refractivity contribution >= 4 is 17.2 Å². The Labute approximate surface area is 258 Å². The number of morpholine rings is 1. The molecular formula is C34H43N7O3. The zero-order valence-electron chi connectivity index (χ0n) is 26.4. The predicted molar refractivity (Wildman–Crippen MR) is 174 cm³/mol. The van der Waals surface area contributed by atoms with Crippen LogP contribution in [0.1, 0.15) is 51.4 Å². The lowest BCUT2D eigenvalue weighted by Crippen LogP contribution is -2.44. The van der Waals surface area contributed by atoms with E-state index < -0.39 is 0 Å². The van der Waals surface area contributed by atoms with E-state index in [2.05, 4.69) is 67.8 Å². The van der Waals surface area contributed by atoms with Crippen molar-refractivity contribution in [2.75, 3.05) is 64.4 Å². The molecule has 6 heterocycles. The molecule has 2 fully saturated rings. The highest BCUT2D eigenvalue weighted by atomic mass is 16.5. The predicted octanol–water partition coefficient (Wildman–Crippen LogP) is 3.69. The number of carbonyl (C=O) groups is 1. The summed E-state index contributed by atoms with van der Waals surface area (Å²) in [5.74, 6) is 0.811. The molecule has 0 bridgehead atoms. The maximum absolute atomic E-state index is 13.7. The Bertz CT molecular complexity index is 1710. The van der Waals surface area contributed by atoms with Gasteiger partial charge in [-0.15, -0.1) is 0 Å². The quantitative estimate of drug-likeness (QED) is 0.335. The lowest BCUT2D eigenvalue weighted by atomic mass is 10.0. The Morgan fingerprint density at radius 3 is 2.45 bits per heavy atom. The van der Waals surface area contributed by atoms with Gasteiger partial charge in [0, 0.05) is 103 Å². The Kier molecular flexibility index (Phi) is 8.57. The van der Waals surface area contributed by atoms with Gasteiger partial charge in [0.05, 0.1) is 13.2 Å². The number of hydrogen-bond acceptors (Lipinski definition) is 7. The molecule has 1 unspecified atom stereocenters. The highest BCUT2D eigenvalue weighted by Crippen LogP contribution is 2.32. The third-order valence-corrected chi connectivity index (χ3v) is 9.25. The topological polar surface area (TPSA) is 98.2 Å². The van der Waals surface area contributed by atoms with E-state index in [1.165, 1.54) is 0 Å². The summed E-state index contributed by atoms with van der Waals surface area (Å²) in [6.45, 7) is 15.2. The van der Waals surface area contributed by atoms with Crippen molar-refractivity contribution in [1.29, 1.82) is 0 Å². The number of fused-ring (bicyclic) bond motifs is 1. The largest absolute Gasteiger partial charge is 0.379 e. The molecule has 10 nitrogen and oxygen atoms in total. The van der Waals surface area contributed by atoms with Gasteiger partial charge < -0.3 is 29.2 Å². The van der Waals surface area contributed by atoms with Crippen LogP contribution in [0.3, 0.4) is 0 Å². The summed E-state index contributed by atoms with van der Waals surface area (Å²) in [6.07, 6.45) is 4.12. The lowest BCUT2D eigenvalue weighted by molar-refractivity contribution is 0.0187. The number of rotatable bonds is 7. The first-order valence-corrected chi connectivity index (χ1v) is 15.5. The molecule has 2 aliphatic heterocycles. The number of carbonyl (C=O) groups excluding carboxylic acids is 1. The molecule has 10 heteroatoms. The summed E-state index contributed by atoms with van der Waals surface area (Å²) in [5, 5.41) is 3.03. The monoisotopic (exact) mass is 597 g/mol. The van der Waals surface area contributed by atoms with Crippen LogP contribution in [0.5, 0.6) is 0 Å². The number of likely N-dealkylation sites (N-methyl/N-ethyl adjacent to an activating group) is 1. The summed E-state index contributed by atoms with van der Waals surface area (Å²) < 4.78 is 7.86. The molecule has 44 heavy (non-hydrogen) atoms. The highest BCUT2D eigenvalue weighted by Gasteiger charge is 2.26. The number of amides is 1. The van der Waals surface area contributed by atoms with Crippen molar-refractivity contribution in [3.63, 3.8) is 0 Å². The normalized spacial score (nSPS) is 17.2. The number of nitrogens with one attached hydrogen (secondary N) is 2. The first kappa shape index (κ1) is 30.1. The molecule has 1 amide bonds. The van der Waals surface area contributed by atoms with Gasteiger partial charge >= 0.3 is 0 Å². The number of pyridine rings is 3. The van der Waals surface area contributed by atoms with E-state index in [4.69, 9.17) is 9.72 Å². The summed E-state index contributed by atoms with van der Waals surface area (Å²) >= 11 is 0. The van der Waals surface area contributed by atoms with Gasteiger partial charge in [0.1, 0.15) is 5.82 Å².